The third kappa shape index (κ3) is 4.61. The maximum Gasteiger partial charge on any atom is 0.251 e. The van der Waals surface area contributed by atoms with Gasteiger partial charge in [-0.1, -0.05) is 6.92 Å². The van der Waals surface area contributed by atoms with Crippen LogP contribution in [0, 0.1) is 5.92 Å². The third-order valence-corrected chi connectivity index (χ3v) is 5.12. The van der Waals surface area contributed by atoms with Crippen molar-refractivity contribution < 1.29 is 19.0 Å². The summed E-state index contributed by atoms with van der Waals surface area (Å²) in [6.07, 6.45) is 2.50. The fourth-order valence-corrected chi connectivity index (χ4v) is 3.46. The highest BCUT2D eigenvalue weighted by Crippen LogP contribution is 2.38. The highest BCUT2D eigenvalue weighted by Gasteiger charge is 2.30. The summed E-state index contributed by atoms with van der Waals surface area (Å²) in [5, 5.41) is 3.06. The number of nitrogens with one attached hydrogen (secondary N) is 1. The lowest BCUT2D eigenvalue weighted by molar-refractivity contribution is 0.0657. The summed E-state index contributed by atoms with van der Waals surface area (Å²) in [7, 11) is 4.63. The molecule has 1 fully saturated rings. The van der Waals surface area contributed by atoms with Crippen LogP contribution in [-0.2, 0) is 0 Å². The Bertz CT molecular complexity index is 605. The first kappa shape index (κ1) is 20.4. The summed E-state index contributed by atoms with van der Waals surface area (Å²) in [5.74, 6) is 1.98. The molecule has 1 aliphatic rings. The maximum atomic E-state index is 12.7. The minimum atomic E-state index is -0.151. The fraction of sp³-hybridized carbons (Fsp3) is 0.650. The average molecular weight is 364 g/mol. The molecule has 6 nitrogen and oxygen atoms in total. The Hall–Kier alpha value is -1.95. The molecule has 0 bridgehead atoms. The second-order valence-electron chi connectivity index (χ2n) is 7.60. The number of hydrogen-bond acceptors (Lipinski definition) is 5. The molecule has 1 N–H and O–H groups in total. The number of nitrogens with zero attached hydrogens (tertiary/aromatic N) is 1. The van der Waals surface area contributed by atoms with Gasteiger partial charge in [0.25, 0.3) is 5.91 Å². The first-order valence-corrected chi connectivity index (χ1v) is 9.15. The van der Waals surface area contributed by atoms with E-state index in [-0.39, 0.29) is 11.4 Å². The van der Waals surface area contributed by atoms with Crippen molar-refractivity contribution in [3.63, 3.8) is 0 Å². The Morgan fingerprint density at radius 3 is 2.31 bits per heavy atom. The van der Waals surface area contributed by atoms with E-state index in [4.69, 9.17) is 14.2 Å². The van der Waals surface area contributed by atoms with Crippen molar-refractivity contribution >= 4 is 5.91 Å². The second kappa shape index (κ2) is 8.62. The minimum Gasteiger partial charge on any atom is -0.493 e. The van der Waals surface area contributed by atoms with Crippen molar-refractivity contribution in [2.75, 3.05) is 41.0 Å². The zero-order valence-corrected chi connectivity index (χ0v) is 16.8. The SMILES string of the molecule is COc1cc(C(=O)NCC(C)(C)N2CCCC(C)C2)cc(OC)c1OC. The molecule has 1 heterocycles. The van der Waals surface area contributed by atoms with Crippen molar-refractivity contribution in [2.45, 2.75) is 39.2 Å². The zero-order valence-electron chi connectivity index (χ0n) is 16.8. The predicted octanol–water partition coefficient (Wildman–Crippen LogP) is 2.95. The lowest BCUT2D eigenvalue weighted by Crippen LogP contribution is -2.54. The van der Waals surface area contributed by atoms with Gasteiger partial charge in [-0.15, -0.1) is 0 Å². The predicted molar refractivity (Wildman–Crippen MR) is 102 cm³/mol. The molecule has 2 rings (SSSR count). The number of likely N-dealkylation sites (tertiary alicyclic amines) is 1. The van der Waals surface area contributed by atoms with E-state index < -0.39 is 0 Å². The number of methoxy groups -OCH3 is 3. The molecule has 1 unspecified atom stereocenters. The fourth-order valence-electron chi connectivity index (χ4n) is 3.46. The van der Waals surface area contributed by atoms with E-state index in [0.717, 1.165) is 13.1 Å². The number of carbonyl (C=O) groups is 1. The quantitative estimate of drug-likeness (QED) is 0.806. The van der Waals surface area contributed by atoms with E-state index in [1.54, 1.807) is 33.5 Å². The molecule has 1 aromatic rings. The number of benzene rings is 1. The van der Waals surface area contributed by atoms with Gasteiger partial charge in [0, 0.05) is 24.2 Å². The normalized spacial score (nSPS) is 18.3. The highest BCUT2D eigenvalue weighted by atomic mass is 16.5. The molecule has 1 amide bonds. The third-order valence-electron chi connectivity index (χ3n) is 5.12. The van der Waals surface area contributed by atoms with Crippen LogP contribution >= 0.6 is 0 Å². The van der Waals surface area contributed by atoms with Crippen LogP contribution in [0.4, 0.5) is 0 Å². The highest BCUT2D eigenvalue weighted by molar-refractivity contribution is 5.95. The van der Waals surface area contributed by atoms with Gasteiger partial charge in [-0.25, -0.2) is 0 Å². The van der Waals surface area contributed by atoms with E-state index in [9.17, 15) is 4.79 Å². The lowest BCUT2D eigenvalue weighted by atomic mass is 9.93. The van der Waals surface area contributed by atoms with E-state index in [1.165, 1.54) is 12.8 Å². The Balaban J connectivity index is 2.09. The average Bonchev–Trinajstić information content (AvgIpc) is 2.64. The molecule has 0 aliphatic carbocycles. The molecule has 0 radical (unpaired) electrons. The molecule has 146 valence electrons. The van der Waals surface area contributed by atoms with Gasteiger partial charge < -0.3 is 19.5 Å². The molecule has 1 saturated heterocycles. The van der Waals surface area contributed by atoms with Crippen molar-refractivity contribution in [1.29, 1.82) is 0 Å². The Morgan fingerprint density at radius 2 is 1.81 bits per heavy atom. The van der Waals surface area contributed by atoms with Crippen LogP contribution in [0.15, 0.2) is 12.1 Å². The van der Waals surface area contributed by atoms with Crippen molar-refractivity contribution in [1.82, 2.24) is 10.2 Å². The molecule has 1 aliphatic heterocycles. The van der Waals surface area contributed by atoms with Crippen LogP contribution < -0.4 is 19.5 Å². The van der Waals surface area contributed by atoms with Gasteiger partial charge in [0.2, 0.25) is 5.75 Å². The molecular formula is C20H32N2O4. The van der Waals surface area contributed by atoms with Gasteiger partial charge in [-0.05, 0) is 51.3 Å². The van der Waals surface area contributed by atoms with Crippen molar-refractivity contribution in [3.8, 4) is 17.2 Å². The van der Waals surface area contributed by atoms with Crippen LogP contribution in [0.5, 0.6) is 17.2 Å². The number of carbonyl (C=O) groups excluding carboxylic acids is 1. The number of ether oxygens (including phenoxy) is 3. The molecule has 6 heteroatoms. The standard InChI is InChI=1S/C20H32N2O4/c1-14-8-7-9-22(12-14)20(2,3)13-21-19(23)15-10-16(24-4)18(26-6)17(11-15)25-5/h10-11,14H,7-9,12-13H2,1-6H3,(H,21,23). The van der Waals surface area contributed by atoms with E-state index in [1.807, 2.05) is 0 Å². The van der Waals surface area contributed by atoms with E-state index >= 15 is 0 Å². The molecule has 0 saturated carbocycles. The number of amides is 1. The molecule has 0 spiro atoms. The summed E-state index contributed by atoms with van der Waals surface area (Å²) in [5.41, 5.74) is 0.396. The monoisotopic (exact) mass is 364 g/mol. The summed E-state index contributed by atoms with van der Waals surface area (Å²) in [6.45, 7) is 9.39. The van der Waals surface area contributed by atoms with Gasteiger partial charge in [0.15, 0.2) is 11.5 Å². The maximum absolute atomic E-state index is 12.7. The summed E-state index contributed by atoms with van der Waals surface area (Å²) in [4.78, 5) is 15.2. The first-order chi connectivity index (χ1) is 12.3. The van der Waals surface area contributed by atoms with Gasteiger partial charge in [0.05, 0.1) is 21.3 Å². The second-order valence-corrected chi connectivity index (χ2v) is 7.60. The van der Waals surface area contributed by atoms with Crippen molar-refractivity contribution in [3.05, 3.63) is 17.7 Å². The molecule has 26 heavy (non-hydrogen) atoms. The molecule has 0 aromatic heterocycles. The van der Waals surface area contributed by atoms with E-state index in [2.05, 4.69) is 31.0 Å². The largest absolute Gasteiger partial charge is 0.493 e. The Morgan fingerprint density at radius 1 is 1.19 bits per heavy atom. The smallest absolute Gasteiger partial charge is 0.251 e. The van der Waals surface area contributed by atoms with Crippen molar-refractivity contribution in [2.24, 2.45) is 5.92 Å². The minimum absolute atomic E-state index is 0.0923. The lowest BCUT2D eigenvalue weighted by Gasteiger charge is -2.43. The van der Waals surface area contributed by atoms with Gasteiger partial charge in [-0.3, -0.25) is 9.69 Å². The van der Waals surface area contributed by atoms with Crippen LogP contribution in [0.25, 0.3) is 0 Å². The van der Waals surface area contributed by atoms with Gasteiger partial charge in [-0.2, -0.15) is 0 Å². The topological polar surface area (TPSA) is 60.0 Å². The summed E-state index contributed by atoms with van der Waals surface area (Å²) < 4.78 is 16.0. The van der Waals surface area contributed by atoms with Crippen LogP contribution in [0.2, 0.25) is 0 Å². The summed E-state index contributed by atoms with van der Waals surface area (Å²) >= 11 is 0. The van der Waals surface area contributed by atoms with E-state index in [0.29, 0.717) is 35.3 Å². The Kier molecular flexibility index (Phi) is 6.75. The van der Waals surface area contributed by atoms with Gasteiger partial charge in [0.1, 0.15) is 0 Å². The number of piperidine rings is 1. The van der Waals surface area contributed by atoms with Crippen LogP contribution in [0.1, 0.15) is 44.0 Å². The van der Waals surface area contributed by atoms with Crippen LogP contribution in [-0.4, -0.2) is 57.3 Å². The molecular weight excluding hydrogens is 332 g/mol. The molecule has 1 atom stereocenters. The Labute approximate surface area is 156 Å². The zero-order chi connectivity index (χ0) is 19.3. The first-order valence-electron chi connectivity index (χ1n) is 9.15. The molecule has 1 aromatic carbocycles. The van der Waals surface area contributed by atoms with Crippen LogP contribution in [0.3, 0.4) is 0 Å². The van der Waals surface area contributed by atoms with Gasteiger partial charge >= 0.3 is 0 Å². The number of hydrogen-bond donors (Lipinski definition) is 1. The summed E-state index contributed by atoms with van der Waals surface area (Å²) in [6, 6.07) is 3.35. The number of rotatable bonds is 7.